The molecule has 30 heavy (non-hydrogen) atoms. The van der Waals surface area contributed by atoms with E-state index in [-0.39, 0.29) is 0 Å². The van der Waals surface area contributed by atoms with Crippen LogP contribution in [0, 0.1) is 5.92 Å². The number of likely N-dealkylation sites (tertiary alicyclic amines) is 1. The van der Waals surface area contributed by atoms with E-state index in [0.717, 1.165) is 32.1 Å². The lowest BCUT2D eigenvalue weighted by molar-refractivity contribution is 0.152. The molecule has 0 radical (unpaired) electrons. The highest BCUT2D eigenvalue weighted by Crippen LogP contribution is 2.34. The third-order valence-corrected chi connectivity index (χ3v) is 6.86. The molecule has 2 fully saturated rings. The summed E-state index contributed by atoms with van der Waals surface area (Å²) in [6.07, 6.45) is 4.87. The third-order valence-electron chi connectivity index (χ3n) is 6.86. The number of nitrogens with one attached hydrogen (secondary N) is 1. The molecule has 0 aromatic heterocycles. The molecule has 2 heterocycles. The van der Waals surface area contributed by atoms with Gasteiger partial charge in [0.15, 0.2) is 5.96 Å². The molecule has 1 aromatic rings. The summed E-state index contributed by atoms with van der Waals surface area (Å²) in [7, 11) is 2.22. The molecule has 2 aliphatic heterocycles. The van der Waals surface area contributed by atoms with Crippen molar-refractivity contribution in [2.75, 3.05) is 66.0 Å². The highest BCUT2D eigenvalue weighted by molar-refractivity contribution is 5.80. The van der Waals surface area contributed by atoms with Crippen LogP contribution in [0.5, 0.6) is 0 Å². The Kier molecular flexibility index (Phi) is 9.47. The SMILES string of the molecule is CCNC(=NCCCCN1CCN(C)CC1)N1CCC(c2ccccc2)C(CC)C1. The molecule has 0 saturated carbocycles. The van der Waals surface area contributed by atoms with Gasteiger partial charge in [-0.15, -0.1) is 0 Å². The Morgan fingerprint density at radius 2 is 1.80 bits per heavy atom. The fraction of sp³-hybridized carbons (Fsp3) is 0.720. The molecule has 0 spiro atoms. The van der Waals surface area contributed by atoms with Crippen molar-refractivity contribution in [3.05, 3.63) is 35.9 Å². The number of hydrogen-bond donors (Lipinski definition) is 1. The highest BCUT2D eigenvalue weighted by atomic mass is 15.3. The molecule has 168 valence electrons. The zero-order valence-corrected chi connectivity index (χ0v) is 19.5. The molecule has 0 aliphatic carbocycles. The Balaban J connectivity index is 1.47. The van der Waals surface area contributed by atoms with E-state index in [1.54, 1.807) is 0 Å². The van der Waals surface area contributed by atoms with Crippen molar-refractivity contribution in [3.63, 3.8) is 0 Å². The summed E-state index contributed by atoms with van der Waals surface area (Å²) < 4.78 is 0. The smallest absolute Gasteiger partial charge is 0.193 e. The van der Waals surface area contributed by atoms with Gasteiger partial charge in [0.1, 0.15) is 0 Å². The average molecular weight is 414 g/mol. The Hall–Kier alpha value is -1.59. The van der Waals surface area contributed by atoms with E-state index in [9.17, 15) is 0 Å². The fourth-order valence-corrected chi connectivity index (χ4v) is 4.91. The van der Waals surface area contributed by atoms with Crippen LogP contribution in [0.2, 0.25) is 0 Å². The average Bonchev–Trinajstić information content (AvgIpc) is 2.79. The first-order chi connectivity index (χ1) is 14.7. The first-order valence-corrected chi connectivity index (χ1v) is 12.2. The molecular weight excluding hydrogens is 370 g/mol. The quantitative estimate of drug-likeness (QED) is 0.402. The van der Waals surface area contributed by atoms with Gasteiger partial charge in [0.25, 0.3) is 0 Å². The van der Waals surface area contributed by atoms with Crippen LogP contribution < -0.4 is 5.32 Å². The summed E-state index contributed by atoms with van der Waals surface area (Å²) >= 11 is 0. The molecule has 1 N–H and O–H groups in total. The summed E-state index contributed by atoms with van der Waals surface area (Å²) in [5, 5.41) is 3.56. The maximum atomic E-state index is 5.00. The van der Waals surface area contributed by atoms with Crippen molar-refractivity contribution in [1.82, 2.24) is 20.0 Å². The monoisotopic (exact) mass is 413 g/mol. The molecule has 5 nitrogen and oxygen atoms in total. The standard InChI is InChI=1S/C25H43N5/c1-4-22-21-30(16-13-24(22)23-11-7-6-8-12-23)25(26-5-2)27-14-9-10-15-29-19-17-28(3)18-20-29/h6-8,11-12,22,24H,4-5,9-10,13-21H2,1-3H3,(H,26,27). The van der Waals surface area contributed by atoms with Gasteiger partial charge in [-0.2, -0.15) is 0 Å². The number of nitrogens with zero attached hydrogens (tertiary/aromatic N) is 4. The van der Waals surface area contributed by atoms with E-state index in [2.05, 4.69) is 71.2 Å². The number of rotatable bonds is 8. The topological polar surface area (TPSA) is 34.1 Å². The van der Waals surface area contributed by atoms with Crippen molar-refractivity contribution in [2.45, 2.75) is 45.4 Å². The van der Waals surface area contributed by atoms with Crippen LogP contribution in [-0.2, 0) is 0 Å². The van der Waals surface area contributed by atoms with E-state index in [1.807, 2.05) is 0 Å². The largest absolute Gasteiger partial charge is 0.357 e. The predicted molar refractivity (Wildman–Crippen MR) is 128 cm³/mol. The second-order valence-corrected chi connectivity index (χ2v) is 9.01. The van der Waals surface area contributed by atoms with Crippen LogP contribution in [0.4, 0.5) is 0 Å². The summed E-state index contributed by atoms with van der Waals surface area (Å²) in [5.41, 5.74) is 1.51. The number of hydrogen-bond acceptors (Lipinski definition) is 3. The molecular formula is C25H43N5. The number of likely N-dealkylation sites (N-methyl/N-ethyl adjacent to an activating group) is 1. The van der Waals surface area contributed by atoms with Crippen LogP contribution in [0.25, 0.3) is 0 Å². The van der Waals surface area contributed by atoms with Crippen molar-refractivity contribution < 1.29 is 0 Å². The first kappa shape index (κ1) is 23.1. The number of guanidine groups is 1. The molecule has 2 atom stereocenters. The minimum atomic E-state index is 0.680. The summed E-state index contributed by atoms with van der Waals surface area (Å²) in [5.74, 6) is 2.50. The summed E-state index contributed by atoms with van der Waals surface area (Å²) in [6.45, 7) is 14.7. The van der Waals surface area contributed by atoms with Crippen molar-refractivity contribution in [1.29, 1.82) is 0 Å². The number of aliphatic imine (C=N–C) groups is 1. The van der Waals surface area contributed by atoms with Gasteiger partial charge in [-0.05, 0) is 57.2 Å². The van der Waals surface area contributed by atoms with Gasteiger partial charge < -0.3 is 20.0 Å². The normalized spacial score (nSPS) is 24.2. The molecule has 1 aromatic carbocycles. The first-order valence-electron chi connectivity index (χ1n) is 12.2. The maximum Gasteiger partial charge on any atom is 0.193 e. The predicted octanol–water partition coefficient (Wildman–Crippen LogP) is 3.50. The lowest BCUT2D eigenvalue weighted by atomic mass is 9.79. The molecule has 0 bridgehead atoms. The summed E-state index contributed by atoms with van der Waals surface area (Å²) in [4.78, 5) is 12.5. The second kappa shape index (κ2) is 12.3. The van der Waals surface area contributed by atoms with Gasteiger partial charge >= 0.3 is 0 Å². The van der Waals surface area contributed by atoms with E-state index in [4.69, 9.17) is 4.99 Å². The molecule has 3 rings (SSSR count). The number of piperazine rings is 1. The Morgan fingerprint density at radius 1 is 1.03 bits per heavy atom. The van der Waals surface area contributed by atoms with E-state index in [0.29, 0.717) is 11.8 Å². The highest BCUT2D eigenvalue weighted by Gasteiger charge is 2.30. The van der Waals surface area contributed by atoms with E-state index >= 15 is 0 Å². The van der Waals surface area contributed by atoms with Crippen LogP contribution >= 0.6 is 0 Å². The summed E-state index contributed by atoms with van der Waals surface area (Å²) in [6, 6.07) is 11.1. The maximum absolute atomic E-state index is 5.00. The van der Waals surface area contributed by atoms with Crippen LogP contribution in [0.1, 0.15) is 51.0 Å². The number of piperidine rings is 1. The van der Waals surface area contributed by atoms with Gasteiger partial charge in [0.05, 0.1) is 0 Å². The van der Waals surface area contributed by atoms with Gasteiger partial charge in [-0.3, -0.25) is 4.99 Å². The molecule has 2 saturated heterocycles. The van der Waals surface area contributed by atoms with Gasteiger partial charge in [0, 0.05) is 52.4 Å². The van der Waals surface area contributed by atoms with Gasteiger partial charge in [0.2, 0.25) is 0 Å². The minimum absolute atomic E-state index is 0.680. The van der Waals surface area contributed by atoms with Gasteiger partial charge in [-0.25, -0.2) is 0 Å². The lowest BCUT2D eigenvalue weighted by Gasteiger charge is -2.40. The minimum Gasteiger partial charge on any atom is -0.357 e. The molecule has 0 amide bonds. The van der Waals surface area contributed by atoms with E-state index < -0.39 is 0 Å². The van der Waals surface area contributed by atoms with Crippen LogP contribution in [0.15, 0.2) is 35.3 Å². The Bertz CT molecular complexity index is 624. The zero-order valence-electron chi connectivity index (χ0n) is 19.5. The van der Waals surface area contributed by atoms with Crippen LogP contribution in [-0.4, -0.2) is 86.6 Å². The Morgan fingerprint density at radius 3 is 2.50 bits per heavy atom. The molecule has 5 heteroatoms. The zero-order chi connectivity index (χ0) is 21.2. The molecule has 2 unspecified atom stereocenters. The number of benzene rings is 1. The molecule has 2 aliphatic rings. The van der Waals surface area contributed by atoms with Crippen LogP contribution in [0.3, 0.4) is 0 Å². The lowest BCUT2D eigenvalue weighted by Crippen LogP contribution is -2.48. The third kappa shape index (κ3) is 6.71. The van der Waals surface area contributed by atoms with E-state index in [1.165, 1.54) is 64.0 Å². The fourth-order valence-electron chi connectivity index (χ4n) is 4.91. The second-order valence-electron chi connectivity index (χ2n) is 9.01. The van der Waals surface area contributed by atoms with Crippen molar-refractivity contribution in [3.8, 4) is 0 Å². The van der Waals surface area contributed by atoms with Crippen molar-refractivity contribution >= 4 is 5.96 Å². The van der Waals surface area contributed by atoms with Gasteiger partial charge in [-0.1, -0.05) is 43.7 Å². The Labute approximate surface area is 184 Å². The number of unbranched alkanes of at least 4 members (excludes halogenated alkanes) is 1. The van der Waals surface area contributed by atoms with Crippen molar-refractivity contribution in [2.24, 2.45) is 10.9 Å².